The Morgan fingerprint density at radius 3 is 2.60 bits per heavy atom. The van der Waals surface area contributed by atoms with Crippen molar-refractivity contribution in [2.45, 2.75) is 20.4 Å². The van der Waals surface area contributed by atoms with E-state index in [1.165, 1.54) is 0 Å². The van der Waals surface area contributed by atoms with E-state index in [2.05, 4.69) is 10.1 Å². The first-order valence-corrected chi connectivity index (χ1v) is 4.86. The second-order valence-corrected chi connectivity index (χ2v) is 3.70. The minimum absolute atomic E-state index is 0.625. The zero-order valence-electron chi connectivity index (χ0n) is 8.94. The van der Waals surface area contributed by atoms with Gasteiger partial charge in [0, 0.05) is 11.8 Å². The van der Waals surface area contributed by atoms with Crippen molar-refractivity contribution in [3.05, 3.63) is 41.3 Å². The van der Waals surface area contributed by atoms with Gasteiger partial charge >= 0.3 is 0 Å². The van der Waals surface area contributed by atoms with E-state index in [4.69, 9.17) is 5.73 Å². The van der Waals surface area contributed by atoms with Crippen molar-refractivity contribution in [1.82, 2.24) is 14.8 Å². The van der Waals surface area contributed by atoms with E-state index in [9.17, 15) is 0 Å². The SMILES string of the molecule is Cc1ccc(Cn2ncc(C)c2N)nc1. The van der Waals surface area contributed by atoms with Crippen LogP contribution in [0.2, 0.25) is 0 Å². The van der Waals surface area contributed by atoms with Crippen LogP contribution in [0, 0.1) is 13.8 Å². The number of hydrogen-bond donors (Lipinski definition) is 1. The molecule has 0 unspecified atom stereocenters. The molecule has 0 amide bonds. The highest BCUT2D eigenvalue weighted by Gasteiger charge is 2.03. The first-order chi connectivity index (χ1) is 7.16. The van der Waals surface area contributed by atoms with Gasteiger partial charge in [0.15, 0.2) is 0 Å². The molecule has 2 heterocycles. The molecule has 0 spiro atoms. The lowest BCUT2D eigenvalue weighted by Crippen LogP contribution is -2.07. The largest absolute Gasteiger partial charge is 0.384 e. The van der Waals surface area contributed by atoms with E-state index >= 15 is 0 Å². The van der Waals surface area contributed by atoms with Gasteiger partial charge in [-0.1, -0.05) is 6.07 Å². The molecule has 0 saturated carbocycles. The lowest BCUT2D eigenvalue weighted by Gasteiger charge is -2.04. The van der Waals surface area contributed by atoms with Gasteiger partial charge in [0.05, 0.1) is 18.4 Å². The number of aromatic nitrogens is 3. The van der Waals surface area contributed by atoms with E-state index < -0.39 is 0 Å². The first-order valence-electron chi connectivity index (χ1n) is 4.86. The molecule has 0 atom stereocenters. The van der Waals surface area contributed by atoms with Crippen LogP contribution in [0.5, 0.6) is 0 Å². The van der Waals surface area contributed by atoms with Gasteiger partial charge in [0.2, 0.25) is 0 Å². The molecule has 2 aromatic heterocycles. The number of anilines is 1. The van der Waals surface area contributed by atoms with E-state index in [1.54, 1.807) is 10.9 Å². The number of nitrogen functional groups attached to an aromatic ring is 1. The molecule has 4 heteroatoms. The van der Waals surface area contributed by atoms with E-state index in [0.717, 1.165) is 16.8 Å². The van der Waals surface area contributed by atoms with E-state index in [1.807, 2.05) is 32.2 Å². The third-order valence-electron chi connectivity index (χ3n) is 2.36. The quantitative estimate of drug-likeness (QED) is 0.803. The molecule has 15 heavy (non-hydrogen) atoms. The molecule has 2 N–H and O–H groups in total. The van der Waals surface area contributed by atoms with Crippen molar-refractivity contribution in [2.75, 3.05) is 5.73 Å². The van der Waals surface area contributed by atoms with Crippen molar-refractivity contribution in [1.29, 1.82) is 0 Å². The Hall–Kier alpha value is -1.84. The highest BCUT2D eigenvalue weighted by atomic mass is 15.3. The minimum Gasteiger partial charge on any atom is -0.384 e. The standard InChI is InChI=1S/C11H14N4/c1-8-3-4-10(13-5-8)7-15-11(12)9(2)6-14-15/h3-6H,7,12H2,1-2H3. The van der Waals surface area contributed by atoms with Gasteiger partial charge in [0.1, 0.15) is 5.82 Å². The number of nitrogens with zero attached hydrogens (tertiary/aromatic N) is 3. The van der Waals surface area contributed by atoms with Gasteiger partial charge < -0.3 is 5.73 Å². The fourth-order valence-electron chi connectivity index (χ4n) is 1.36. The van der Waals surface area contributed by atoms with Crippen LogP contribution < -0.4 is 5.73 Å². The molecule has 4 nitrogen and oxygen atoms in total. The zero-order valence-corrected chi connectivity index (χ0v) is 8.94. The van der Waals surface area contributed by atoms with E-state index in [0.29, 0.717) is 12.4 Å². The van der Waals surface area contributed by atoms with Gasteiger partial charge in [-0.25, -0.2) is 4.68 Å². The molecule has 0 radical (unpaired) electrons. The second-order valence-electron chi connectivity index (χ2n) is 3.70. The van der Waals surface area contributed by atoms with Crippen LogP contribution in [0.25, 0.3) is 0 Å². The maximum Gasteiger partial charge on any atom is 0.125 e. The first kappa shape index (κ1) is 9.71. The van der Waals surface area contributed by atoms with Crippen LogP contribution in [-0.4, -0.2) is 14.8 Å². The Kier molecular flexibility index (Phi) is 2.41. The average molecular weight is 202 g/mol. The summed E-state index contributed by atoms with van der Waals surface area (Å²) in [5, 5.41) is 4.18. The predicted molar refractivity (Wildman–Crippen MR) is 59.5 cm³/mol. The Balaban J connectivity index is 2.22. The number of hydrogen-bond acceptors (Lipinski definition) is 3. The van der Waals surface area contributed by atoms with Crippen LogP contribution in [0.15, 0.2) is 24.5 Å². The van der Waals surface area contributed by atoms with Crippen LogP contribution in [-0.2, 0) is 6.54 Å². The fraction of sp³-hybridized carbons (Fsp3) is 0.273. The van der Waals surface area contributed by atoms with Crippen molar-refractivity contribution in [3.8, 4) is 0 Å². The molecule has 78 valence electrons. The third-order valence-corrected chi connectivity index (χ3v) is 2.36. The van der Waals surface area contributed by atoms with Crippen molar-refractivity contribution in [3.63, 3.8) is 0 Å². The minimum atomic E-state index is 0.625. The van der Waals surface area contributed by atoms with Crippen LogP contribution in [0.4, 0.5) is 5.82 Å². The molecule has 0 aliphatic heterocycles. The number of pyridine rings is 1. The monoisotopic (exact) mass is 202 g/mol. The summed E-state index contributed by atoms with van der Waals surface area (Å²) in [4.78, 5) is 4.31. The highest BCUT2D eigenvalue weighted by molar-refractivity contribution is 5.37. The van der Waals surface area contributed by atoms with Gasteiger partial charge in [-0.3, -0.25) is 4.98 Å². The summed E-state index contributed by atoms with van der Waals surface area (Å²) < 4.78 is 1.76. The predicted octanol–water partition coefficient (Wildman–Crippen LogP) is 1.53. The Bertz CT molecular complexity index is 456. The topological polar surface area (TPSA) is 56.7 Å². The number of aryl methyl sites for hydroxylation is 2. The lowest BCUT2D eigenvalue weighted by atomic mass is 10.3. The van der Waals surface area contributed by atoms with E-state index in [-0.39, 0.29) is 0 Å². The molecule has 0 saturated heterocycles. The van der Waals surface area contributed by atoms with Gasteiger partial charge in [-0.2, -0.15) is 5.10 Å². The molecular formula is C11H14N4. The Morgan fingerprint density at radius 1 is 1.27 bits per heavy atom. The van der Waals surface area contributed by atoms with Gasteiger partial charge in [-0.05, 0) is 25.5 Å². The van der Waals surface area contributed by atoms with Crippen LogP contribution >= 0.6 is 0 Å². The lowest BCUT2D eigenvalue weighted by molar-refractivity contribution is 0.682. The van der Waals surface area contributed by atoms with Gasteiger partial charge in [-0.15, -0.1) is 0 Å². The number of rotatable bonds is 2. The maximum absolute atomic E-state index is 5.85. The Labute approximate surface area is 88.8 Å². The maximum atomic E-state index is 5.85. The summed E-state index contributed by atoms with van der Waals surface area (Å²) in [7, 11) is 0. The Morgan fingerprint density at radius 2 is 2.07 bits per heavy atom. The molecule has 0 fully saturated rings. The molecular weight excluding hydrogens is 188 g/mol. The zero-order chi connectivity index (χ0) is 10.8. The molecule has 0 bridgehead atoms. The molecule has 0 aromatic carbocycles. The number of nitrogens with two attached hydrogens (primary N) is 1. The summed E-state index contributed by atoms with van der Waals surface area (Å²) in [6.07, 6.45) is 3.62. The van der Waals surface area contributed by atoms with Gasteiger partial charge in [0.25, 0.3) is 0 Å². The van der Waals surface area contributed by atoms with Crippen molar-refractivity contribution >= 4 is 5.82 Å². The molecule has 0 aliphatic rings. The smallest absolute Gasteiger partial charge is 0.125 e. The third kappa shape index (κ3) is 1.98. The fourth-order valence-corrected chi connectivity index (χ4v) is 1.36. The molecule has 0 aliphatic carbocycles. The normalized spacial score (nSPS) is 10.5. The molecule has 2 rings (SSSR count). The summed E-state index contributed by atoms with van der Waals surface area (Å²) >= 11 is 0. The van der Waals surface area contributed by atoms with Crippen molar-refractivity contribution in [2.24, 2.45) is 0 Å². The summed E-state index contributed by atoms with van der Waals surface area (Å²) in [5.41, 5.74) is 8.98. The summed E-state index contributed by atoms with van der Waals surface area (Å²) in [6, 6.07) is 4.03. The van der Waals surface area contributed by atoms with Crippen molar-refractivity contribution < 1.29 is 0 Å². The second kappa shape index (κ2) is 3.73. The van der Waals surface area contributed by atoms with Crippen LogP contribution in [0.3, 0.4) is 0 Å². The summed E-state index contributed by atoms with van der Waals surface area (Å²) in [5.74, 6) is 0.706. The summed E-state index contributed by atoms with van der Waals surface area (Å²) in [6.45, 7) is 4.59. The van der Waals surface area contributed by atoms with Crippen LogP contribution in [0.1, 0.15) is 16.8 Å². The highest BCUT2D eigenvalue weighted by Crippen LogP contribution is 2.10. The molecule has 2 aromatic rings. The average Bonchev–Trinajstić information content (AvgIpc) is 2.53.